The van der Waals surface area contributed by atoms with Gasteiger partial charge in [-0.25, -0.2) is 4.79 Å². The molecule has 1 amide bonds. The lowest BCUT2D eigenvalue weighted by atomic mass is 10.1. The Morgan fingerprint density at radius 1 is 1.00 bits per heavy atom. The molecule has 0 aromatic carbocycles. The SMILES string of the molecule is O=C=CN(CCc1ccncc1)C(=O)CCc1ccncc1. The average Bonchev–Trinajstić information content (AvgIpc) is 2.58. The van der Waals surface area contributed by atoms with Crippen LogP contribution in [-0.4, -0.2) is 33.3 Å². The summed E-state index contributed by atoms with van der Waals surface area (Å²) in [6, 6.07) is 7.54. The summed E-state index contributed by atoms with van der Waals surface area (Å²) in [4.78, 5) is 32.1. The van der Waals surface area contributed by atoms with Crippen LogP contribution in [0, 0.1) is 0 Å². The molecule has 0 fully saturated rings. The molecular formula is C17H17N3O2. The largest absolute Gasteiger partial charge is 0.309 e. The Bertz CT molecular complexity index is 637. The summed E-state index contributed by atoms with van der Waals surface area (Å²) < 4.78 is 0. The number of amides is 1. The molecule has 0 spiro atoms. The fraction of sp³-hybridized carbons (Fsp3) is 0.235. The molecule has 2 aromatic heterocycles. The molecule has 0 radical (unpaired) electrons. The summed E-state index contributed by atoms with van der Waals surface area (Å²) >= 11 is 0. The lowest BCUT2D eigenvalue weighted by molar-refractivity contribution is -0.128. The summed E-state index contributed by atoms with van der Waals surface area (Å²) in [5.74, 6) is 1.60. The fourth-order valence-corrected chi connectivity index (χ4v) is 2.07. The molecule has 5 nitrogen and oxygen atoms in total. The van der Waals surface area contributed by atoms with Crippen LogP contribution in [-0.2, 0) is 22.4 Å². The third-order valence-corrected chi connectivity index (χ3v) is 3.30. The van der Waals surface area contributed by atoms with Gasteiger partial charge in [-0.15, -0.1) is 0 Å². The van der Waals surface area contributed by atoms with Crippen molar-refractivity contribution < 1.29 is 9.59 Å². The van der Waals surface area contributed by atoms with E-state index < -0.39 is 0 Å². The Kier molecular flexibility index (Phi) is 6.03. The van der Waals surface area contributed by atoms with Gasteiger partial charge in [0.25, 0.3) is 0 Å². The van der Waals surface area contributed by atoms with E-state index in [1.807, 2.05) is 24.3 Å². The monoisotopic (exact) mass is 295 g/mol. The van der Waals surface area contributed by atoms with Gasteiger partial charge in [0.1, 0.15) is 5.94 Å². The van der Waals surface area contributed by atoms with Gasteiger partial charge in [0.2, 0.25) is 5.91 Å². The van der Waals surface area contributed by atoms with Gasteiger partial charge in [-0.3, -0.25) is 14.8 Å². The summed E-state index contributed by atoms with van der Waals surface area (Å²) in [6.07, 6.45) is 9.63. The van der Waals surface area contributed by atoms with Crippen LogP contribution >= 0.6 is 0 Å². The maximum absolute atomic E-state index is 12.2. The van der Waals surface area contributed by atoms with E-state index in [4.69, 9.17) is 0 Å². The Morgan fingerprint density at radius 3 is 2.09 bits per heavy atom. The number of nitrogens with zero attached hydrogens (tertiary/aromatic N) is 3. The smallest absolute Gasteiger partial charge is 0.227 e. The number of carbonyl (C=O) groups is 1. The third-order valence-electron chi connectivity index (χ3n) is 3.30. The molecule has 2 heterocycles. The van der Waals surface area contributed by atoms with E-state index in [2.05, 4.69) is 9.97 Å². The number of rotatable bonds is 7. The zero-order chi connectivity index (χ0) is 15.6. The molecule has 0 unspecified atom stereocenters. The maximum Gasteiger partial charge on any atom is 0.227 e. The molecule has 0 aliphatic heterocycles. The number of hydrogen-bond donors (Lipinski definition) is 0. The van der Waals surface area contributed by atoms with Gasteiger partial charge in [0.15, 0.2) is 0 Å². The van der Waals surface area contributed by atoms with Crippen molar-refractivity contribution in [1.29, 1.82) is 0 Å². The molecule has 0 saturated carbocycles. The quantitative estimate of drug-likeness (QED) is 0.731. The van der Waals surface area contributed by atoms with Crippen LogP contribution < -0.4 is 0 Å². The Hall–Kier alpha value is -2.78. The van der Waals surface area contributed by atoms with Crippen molar-refractivity contribution >= 4 is 11.8 Å². The van der Waals surface area contributed by atoms with Gasteiger partial charge < -0.3 is 4.90 Å². The minimum absolute atomic E-state index is 0.0887. The molecule has 0 saturated heterocycles. The summed E-state index contributed by atoms with van der Waals surface area (Å²) in [5, 5.41) is 0. The number of hydrogen-bond acceptors (Lipinski definition) is 4. The van der Waals surface area contributed by atoms with E-state index in [-0.39, 0.29) is 5.91 Å². The van der Waals surface area contributed by atoms with Crippen LogP contribution in [0.15, 0.2) is 55.3 Å². The van der Waals surface area contributed by atoms with Gasteiger partial charge in [-0.2, -0.15) is 0 Å². The van der Waals surface area contributed by atoms with Crippen molar-refractivity contribution in [2.45, 2.75) is 19.3 Å². The minimum atomic E-state index is -0.0887. The molecule has 0 aliphatic rings. The van der Waals surface area contributed by atoms with E-state index in [9.17, 15) is 9.59 Å². The Labute approximate surface area is 129 Å². The molecule has 22 heavy (non-hydrogen) atoms. The van der Waals surface area contributed by atoms with Crippen LogP contribution in [0.1, 0.15) is 17.5 Å². The average molecular weight is 295 g/mol. The summed E-state index contributed by atoms with van der Waals surface area (Å²) in [7, 11) is 0. The highest BCUT2D eigenvalue weighted by atomic mass is 16.2. The van der Waals surface area contributed by atoms with Crippen LogP contribution in [0.5, 0.6) is 0 Å². The molecule has 5 heteroatoms. The standard InChI is InChI=1S/C17H17N3O2/c21-14-13-20(12-7-16-5-10-19-11-6-16)17(22)2-1-15-3-8-18-9-4-15/h3-6,8-11,13H,1-2,7,12H2. The third kappa shape index (κ3) is 4.96. The molecule has 0 aliphatic carbocycles. The number of carbonyl (C=O) groups excluding carboxylic acids is 2. The zero-order valence-corrected chi connectivity index (χ0v) is 12.2. The van der Waals surface area contributed by atoms with E-state index >= 15 is 0 Å². The molecule has 2 rings (SSSR count). The fourth-order valence-electron chi connectivity index (χ4n) is 2.07. The van der Waals surface area contributed by atoms with Gasteiger partial charge in [0.05, 0.1) is 6.20 Å². The van der Waals surface area contributed by atoms with Crippen LogP contribution in [0.2, 0.25) is 0 Å². The summed E-state index contributed by atoms with van der Waals surface area (Å²) in [6.45, 7) is 0.453. The number of pyridine rings is 2. The first kappa shape index (κ1) is 15.6. The van der Waals surface area contributed by atoms with Crippen LogP contribution in [0.4, 0.5) is 0 Å². The second-order valence-corrected chi connectivity index (χ2v) is 4.80. The minimum Gasteiger partial charge on any atom is -0.309 e. The molecule has 0 N–H and O–H groups in total. The highest BCUT2D eigenvalue weighted by molar-refractivity contribution is 5.78. The molecule has 0 bridgehead atoms. The first-order valence-electron chi connectivity index (χ1n) is 7.08. The van der Waals surface area contributed by atoms with E-state index in [0.29, 0.717) is 25.8 Å². The predicted octanol–water partition coefficient (Wildman–Crippen LogP) is 1.83. The van der Waals surface area contributed by atoms with Crippen molar-refractivity contribution in [3.05, 3.63) is 66.4 Å². The van der Waals surface area contributed by atoms with Crippen molar-refractivity contribution in [2.24, 2.45) is 0 Å². The lowest BCUT2D eigenvalue weighted by Crippen LogP contribution is -2.28. The van der Waals surface area contributed by atoms with E-state index in [0.717, 1.165) is 11.1 Å². The number of aromatic nitrogens is 2. The highest BCUT2D eigenvalue weighted by Crippen LogP contribution is 2.06. The second kappa shape index (κ2) is 8.49. The lowest BCUT2D eigenvalue weighted by Gasteiger charge is -2.17. The Balaban J connectivity index is 1.89. The zero-order valence-electron chi connectivity index (χ0n) is 12.2. The van der Waals surface area contributed by atoms with Crippen molar-refractivity contribution in [1.82, 2.24) is 14.9 Å². The first-order valence-corrected chi connectivity index (χ1v) is 7.08. The molecule has 0 atom stereocenters. The topological polar surface area (TPSA) is 63.2 Å². The van der Waals surface area contributed by atoms with E-state index in [1.165, 1.54) is 11.1 Å². The van der Waals surface area contributed by atoms with Gasteiger partial charge in [-0.1, -0.05) is 0 Å². The van der Waals surface area contributed by atoms with Gasteiger partial charge in [-0.05, 0) is 48.2 Å². The maximum atomic E-state index is 12.2. The van der Waals surface area contributed by atoms with Crippen LogP contribution in [0.3, 0.4) is 0 Å². The normalized spacial score (nSPS) is 9.82. The predicted molar refractivity (Wildman–Crippen MR) is 82.5 cm³/mol. The van der Waals surface area contributed by atoms with Gasteiger partial charge in [0, 0.05) is 37.8 Å². The Morgan fingerprint density at radius 2 is 1.55 bits per heavy atom. The van der Waals surface area contributed by atoms with Crippen LogP contribution in [0.25, 0.3) is 0 Å². The highest BCUT2D eigenvalue weighted by Gasteiger charge is 2.11. The van der Waals surface area contributed by atoms with Crippen molar-refractivity contribution in [2.75, 3.05) is 6.54 Å². The van der Waals surface area contributed by atoms with E-state index in [1.54, 1.807) is 30.7 Å². The second-order valence-electron chi connectivity index (χ2n) is 4.80. The first-order chi connectivity index (χ1) is 10.8. The van der Waals surface area contributed by atoms with Crippen molar-refractivity contribution in [3.8, 4) is 0 Å². The number of aryl methyl sites for hydroxylation is 1. The van der Waals surface area contributed by atoms with Gasteiger partial charge >= 0.3 is 0 Å². The molecule has 112 valence electrons. The summed E-state index contributed by atoms with van der Waals surface area (Å²) in [5.41, 5.74) is 2.12. The molecular weight excluding hydrogens is 278 g/mol. The molecule has 2 aromatic rings. The van der Waals surface area contributed by atoms with Crippen molar-refractivity contribution in [3.63, 3.8) is 0 Å².